The molecule has 2 heterocycles. The largest absolute Gasteiger partial charge is 0.497 e. The fraction of sp³-hybridized carbons (Fsp3) is 0.433. The summed E-state index contributed by atoms with van der Waals surface area (Å²) in [6.07, 6.45) is 4.84. The third-order valence-corrected chi connectivity index (χ3v) is 7.18. The lowest BCUT2D eigenvalue weighted by Crippen LogP contribution is -2.43. The number of hydrogen-bond acceptors (Lipinski definition) is 5. The van der Waals surface area contributed by atoms with Crippen LogP contribution in [-0.4, -0.2) is 59.7 Å². The molecule has 2 N–H and O–H groups in total. The fourth-order valence-electron chi connectivity index (χ4n) is 4.93. The van der Waals surface area contributed by atoms with Crippen LogP contribution in [0.3, 0.4) is 0 Å². The second-order valence-corrected chi connectivity index (χ2v) is 9.86. The lowest BCUT2D eigenvalue weighted by Gasteiger charge is -2.26. The minimum absolute atomic E-state index is 0.0255. The number of nitrogens with zero attached hydrogens (tertiary/aromatic N) is 2. The average Bonchev–Trinajstić information content (AvgIpc) is 3.42. The fourth-order valence-corrected chi connectivity index (χ4v) is 4.93. The molecule has 0 spiro atoms. The van der Waals surface area contributed by atoms with Gasteiger partial charge in [-0.1, -0.05) is 26.3 Å². The van der Waals surface area contributed by atoms with E-state index < -0.39 is 0 Å². The zero-order chi connectivity index (χ0) is 26.4. The molecule has 2 aromatic carbocycles. The number of aromatic nitrogens is 1. The Labute approximate surface area is 218 Å². The summed E-state index contributed by atoms with van der Waals surface area (Å²) >= 11 is 0. The van der Waals surface area contributed by atoms with E-state index in [4.69, 9.17) is 9.72 Å². The maximum atomic E-state index is 13.5. The van der Waals surface area contributed by atoms with Crippen molar-refractivity contribution in [3.63, 3.8) is 0 Å². The topological polar surface area (TPSA) is 91.8 Å². The molecule has 1 saturated heterocycles. The number of aliphatic hydroxyl groups excluding tert-OH is 1. The van der Waals surface area contributed by atoms with E-state index >= 15 is 0 Å². The van der Waals surface area contributed by atoms with Crippen LogP contribution >= 0.6 is 0 Å². The van der Waals surface area contributed by atoms with Gasteiger partial charge in [-0.05, 0) is 73.7 Å². The zero-order valence-electron chi connectivity index (χ0n) is 22.0. The van der Waals surface area contributed by atoms with Crippen LogP contribution in [0.4, 0.5) is 0 Å². The first-order valence-electron chi connectivity index (χ1n) is 13.2. The van der Waals surface area contributed by atoms with Gasteiger partial charge < -0.3 is 20.1 Å². The number of pyridine rings is 1. The van der Waals surface area contributed by atoms with E-state index in [2.05, 4.69) is 24.4 Å². The smallest absolute Gasteiger partial charge is 0.252 e. The van der Waals surface area contributed by atoms with Crippen molar-refractivity contribution >= 4 is 22.7 Å². The van der Waals surface area contributed by atoms with Crippen molar-refractivity contribution in [2.45, 2.75) is 52.0 Å². The third-order valence-electron chi connectivity index (χ3n) is 7.18. The lowest BCUT2D eigenvalue weighted by molar-refractivity contribution is -0.136. The molecule has 0 bridgehead atoms. The number of amides is 2. The van der Waals surface area contributed by atoms with Crippen LogP contribution in [0.5, 0.6) is 5.75 Å². The summed E-state index contributed by atoms with van der Waals surface area (Å²) in [5, 5.41) is 13.4. The molecule has 1 aliphatic rings. The number of hydrogen-bond donors (Lipinski definition) is 2. The predicted octanol–water partition coefficient (Wildman–Crippen LogP) is 4.60. The van der Waals surface area contributed by atoms with Gasteiger partial charge in [0, 0.05) is 24.0 Å². The monoisotopic (exact) mass is 503 g/mol. The van der Waals surface area contributed by atoms with Crippen LogP contribution in [-0.2, 0) is 11.2 Å². The molecule has 0 radical (unpaired) electrons. The highest BCUT2D eigenvalue weighted by Crippen LogP contribution is 2.28. The van der Waals surface area contributed by atoms with Crippen molar-refractivity contribution in [2.75, 3.05) is 26.8 Å². The first-order valence-corrected chi connectivity index (χ1v) is 13.2. The van der Waals surface area contributed by atoms with Crippen molar-refractivity contribution < 1.29 is 19.4 Å². The molecule has 2 atom stereocenters. The van der Waals surface area contributed by atoms with Crippen molar-refractivity contribution in [1.82, 2.24) is 15.2 Å². The molecule has 1 aromatic heterocycles. The van der Waals surface area contributed by atoms with E-state index in [0.29, 0.717) is 17.8 Å². The van der Waals surface area contributed by atoms with Gasteiger partial charge in [-0.15, -0.1) is 0 Å². The Morgan fingerprint density at radius 3 is 2.68 bits per heavy atom. The summed E-state index contributed by atoms with van der Waals surface area (Å²) in [7, 11) is 1.63. The van der Waals surface area contributed by atoms with Gasteiger partial charge in [0.1, 0.15) is 5.75 Å². The predicted molar refractivity (Wildman–Crippen MR) is 146 cm³/mol. The molecule has 0 saturated carbocycles. The maximum Gasteiger partial charge on any atom is 0.252 e. The van der Waals surface area contributed by atoms with Gasteiger partial charge >= 0.3 is 0 Å². The van der Waals surface area contributed by atoms with Gasteiger partial charge in [-0.2, -0.15) is 0 Å². The molecule has 3 aromatic rings. The van der Waals surface area contributed by atoms with E-state index in [-0.39, 0.29) is 36.9 Å². The van der Waals surface area contributed by atoms with E-state index in [0.717, 1.165) is 54.3 Å². The Balaban J connectivity index is 1.61. The highest BCUT2D eigenvalue weighted by atomic mass is 16.5. The molecule has 37 heavy (non-hydrogen) atoms. The molecule has 2 amide bonds. The number of ether oxygens (including phenoxy) is 1. The number of fused-ring (bicyclic) bond motifs is 1. The number of benzene rings is 2. The number of unbranched alkanes of at least 4 members (excludes halogenated alkanes) is 1. The van der Waals surface area contributed by atoms with Crippen molar-refractivity contribution in [3.05, 3.63) is 59.7 Å². The minimum atomic E-state index is -0.384. The van der Waals surface area contributed by atoms with Crippen LogP contribution in [0.1, 0.15) is 55.5 Å². The molecule has 0 aliphatic carbocycles. The highest BCUT2D eigenvalue weighted by molar-refractivity contribution is 6.07. The summed E-state index contributed by atoms with van der Waals surface area (Å²) in [5.41, 5.74) is 4.07. The zero-order valence-corrected chi connectivity index (χ0v) is 22.0. The number of nitrogens with one attached hydrogen (secondary N) is 1. The molecule has 7 nitrogen and oxygen atoms in total. The molecule has 4 rings (SSSR count). The van der Waals surface area contributed by atoms with Crippen LogP contribution in [0.15, 0.2) is 48.5 Å². The molecule has 0 unspecified atom stereocenters. The van der Waals surface area contributed by atoms with Crippen LogP contribution < -0.4 is 10.1 Å². The van der Waals surface area contributed by atoms with Gasteiger partial charge in [0.15, 0.2) is 0 Å². The summed E-state index contributed by atoms with van der Waals surface area (Å²) in [6, 6.07) is 15.4. The molecule has 1 fully saturated rings. The Kier molecular flexibility index (Phi) is 8.77. The number of aliphatic hydroxyl groups is 1. The molecular weight excluding hydrogens is 466 g/mol. The van der Waals surface area contributed by atoms with Gasteiger partial charge in [-0.3, -0.25) is 9.59 Å². The molecule has 1 aliphatic heterocycles. The second-order valence-electron chi connectivity index (χ2n) is 9.86. The summed E-state index contributed by atoms with van der Waals surface area (Å²) in [4.78, 5) is 33.1. The first kappa shape index (κ1) is 26.6. The van der Waals surface area contributed by atoms with Crippen molar-refractivity contribution in [2.24, 2.45) is 5.92 Å². The van der Waals surface area contributed by atoms with E-state index in [1.807, 2.05) is 43.3 Å². The van der Waals surface area contributed by atoms with Gasteiger partial charge in [-0.25, -0.2) is 4.98 Å². The minimum Gasteiger partial charge on any atom is -0.497 e. The van der Waals surface area contributed by atoms with E-state index in [1.165, 1.54) is 5.56 Å². The van der Waals surface area contributed by atoms with Gasteiger partial charge in [0.25, 0.3) is 5.91 Å². The Morgan fingerprint density at radius 1 is 1.19 bits per heavy atom. The lowest BCUT2D eigenvalue weighted by atomic mass is 9.99. The van der Waals surface area contributed by atoms with Crippen LogP contribution in [0, 0.1) is 5.92 Å². The Bertz CT molecular complexity index is 1240. The number of carbonyl (C=O) groups is 2. The standard InChI is InChI=1S/C30H37N3O4/c1-4-5-7-21-9-14-27-25(16-21)26(17-28(32-27)22-10-12-24(37-3)13-11-22)29(35)31-18-20(2)30(36)33-15-6-8-23(33)19-34/h9-14,16-17,20,23,34H,4-8,15,18-19H2,1-3H3,(H,31,35)/t20-,23-/m1/s1. The number of likely N-dealkylation sites (tertiary alicyclic amines) is 1. The Morgan fingerprint density at radius 2 is 1.97 bits per heavy atom. The number of carbonyl (C=O) groups excluding carboxylic acids is 2. The van der Waals surface area contributed by atoms with E-state index in [1.54, 1.807) is 12.0 Å². The normalized spacial score (nSPS) is 16.1. The summed E-state index contributed by atoms with van der Waals surface area (Å²) in [5.74, 6) is 0.111. The number of aryl methyl sites for hydroxylation is 1. The summed E-state index contributed by atoms with van der Waals surface area (Å²) < 4.78 is 5.28. The molecular formula is C30H37N3O4. The van der Waals surface area contributed by atoms with Gasteiger partial charge in [0.05, 0.1) is 42.5 Å². The Hall–Kier alpha value is -3.45. The average molecular weight is 504 g/mol. The second kappa shape index (κ2) is 12.2. The van der Waals surface area contributed by atoms with Crippen molar-refractivity contribution in [3.8, 4) is 17.0 Å². The molecule has 196 valence electrons. The van der Waals surface area contributed by atoms with Crippen LogP contribution in [0.25, 0.3) is 22.2 Å². The molecule has 7 heteroatoms. The van der Waals surface area contributed by atoms with Crippen molar-refractivity contribution in [1.29, 1.82) is 0 Å². The number of rotatable bonds is 10. The highest BCUT2D eigenvalue weighted by Gasteiger charge is 2.31. The first-order chi connectivity index (χ1) is 17.9. The van der Waals surface area contributed by atoms with Crippen LogP contribution in [0.2, 0.25) is 0 Å². The van der Waals surface area contributed by atoms with Gasteiger partial charge in [0.2, 0.25) is 5.91 Å². The van der Waals surface area contributed by atoms with E-state index in [9.17, 15) is 14.7 Å². The number of methoxy groups -OCH3 is 1. The third kappa shape index (κ3) is 6.10. The summed E-state index contributed by atoms with van der Waals surface area (Å²) in [6.45, 7) is 4.84. The SMILES string of the molecule is CCCCc1ccc2nc(-c3ccc(OC)cc3)cc(C(=O)NC[C@@H](C)C(=O)N3CCC[C@@H]3CO)c2c1. The maximum absolute atomic E-state index is 13.5. The quantitative estimate of drug-likeness (QED) is 0.422.